The molecule has 0 unspecified atom stereocenters. The Hall–Kier alpha value is -2.54. The van der Waals surface area contributed by atoms with Crippen molar-refractivity contribution in [3.63, 3.8) is 0 Å². The zero-order valence-corrected chi connectivity index (χ0v) is 16.0. The number of rotatable bonds is 5. The van der Waals surface area contributed by atoms with Crippen LogP contribution in [0.3, 0.4) is 0 Å². The highest BCUT2D eigenvalue weighted by Crippen LogP contribution is 2.38. The van der Waals surface area contributed by atoms with E-state index in [1.165, 1.54) is 30.4 Å². The first-order valence-corrected chi connectivity index (χ1v) is 10.6. The molecule has 2 aromatic rings. The second kappa shape index (κ2) is 6.88. The molecule has 6 nitrogen and oxygen atoms in total. The van der Waals surface area contributed by atoms with E-state index in [2.05, 4.69) is 15.5 Å². The largest absolute Gasteiger partial charge is 0.497 e. The quantitative estimate of drug-likeness (QED) is 0.828. The van der Waals surface area contributed by atoms with Crippen molar-refractivity contribution in [3.8, 4) is 5.75 Å². The number of amides is 1. The molecule has 2 N–H and O–H groups in total. The van der Waals surface area contributed by atoms with Crippen LogP contribution in [0.4, 0.5) is 5.69 Å². The lowest BCUT2D eigenvalue weighted by Gasteiger charge is -2.17. The monoisotopic (exact) mass is 386 g/mol. The summed E-state index contributed by atoms with van der Waals surface area (Å²) in [5.41, 5.74) is 5.57. The molecule has 0 atom stereocenters. The van der Waals surface area contributed by atoms with Crippen LogP contribution in [0.15, 0.2) is 30.3 Å². The molecular weight excluding hydrogens is 364 g/mol. The molecule has 0 aromatic heterocycles. The van der Waals surface area contributed by atoms with Crippen molar-refractivity contribution in [2.45, 2.75) is 38.5 Å². The molecule has 0 heterocycles. The molecule has 0 saturated carbocycles. The van der Waals surface area contributed by atoms with Gasteiger partial charge in [-0.2, -0.15) is 8.42 Å². The topological polar surface area (TPSA) is 84.5 Å². The molecule has 0 bridgehead atoms. The highest BCUT2D eigenvalue weighted by Gasteiger charge is 2.27. The van der Waals surface area contributed by atoms with Gasteiger partial charge in [0.25, 0.3) is 5.91 Å². The SMILES string of the molecule is COc1ccc(C(=O)NS(=O)(=O)Nc2c3c(cc4c2CCC4)CCC3)cc1. The van der Waals surface area contributed by atoms with Crippen LogP contribution in [0.1, 0.15) is 45.5 Å². The average molecular weight is 386 g/mol. The standard InChI is InChI=1S/C20H22N2O4S/c1-26-16-10-8-13(9-11-16)20(23)22-27(24,25)21-19-17-6-2-4-14(17)12-15-5-3-7-18(15)19/h8-12,21H,2-7H2,1H3,(H,22,23). The van der Waals surface area contributed by atoms with Crippen LogP contribution in [0.5, 0.6) is 5.75 Å². The maximum absolute atomic E-state index is 12.6. The van der Waals surface area contributed by atoms with Crippen molar-refractivity contribution in [3.05, 3.63) is 58.1 Å². The normalized spacial score (nSPS) is 15.1. The maximum Gasteiger partial charge on any atom is 0.323 e. The number of carbonyl (C=O) groups excluding carboxylic acids is 1. The summed E-state index contributed by atoms with van der Waals surface area (Å²) in [6.45, 7) is 0. The van der Waals surface area contributed by atoms with Gasteiger partial charge in [0.2, 0.25) is 0 Å². The fraction of sp³-hybridized carbons (Fsp3) is 0.350. The third kappa shape index (κ3) is 3.51. The smallest absolute Gasteiger partial charge is 0.323 e. The molecule has 2 aliphatic rings. The Bertz CT molecular complexity index is 965. The number of hydrogen-bond donors (Lipinski definition) is 2. The lowest BCUT2D eigenvalue weighted by Crippen LogP contribution is -2.35. The summed E-state index contributed by atoms with van der Waals surface area (Å²) in [6.07, 6.45) is 5.77. The predicted molar refractivity (Wildman–Crippen MR) is 103 cm³/mol. The first-order valence-electron chi connectivity index (χ1n) is 9.12. The first-order chi connectivity index (χ1) is 13.0. The molecule has 0 spiro atoms. The molecule has 7 heteroatoms. The molecule has 2 aliphatic carbocycles. The third-order valence-corrected chi connectivity index (χ3v) is 6.22. The Kier molecular flexibility index (Phi) is 4.55. The number of aryl methyl sites for hydroxylation is 2. The summed E-state index contributed by atoms with van der Waals surface area (Å²) in [5, 5.41) is 0. The van der Waals surface area contributed by atoms with Crippen molar-refractivity contribution in [2.24, 2.45) is 0 Å². The van der Waals surface area contributed by atoms with E-state index in [1.54, 1.807) is 12.1 Å². The Labute approximate surface area is 159 Å². The average Bonchev–Trinajstić information content (AvgIpc) is 3.30. The van der Waals surface area contributed by atoms with Gasteiger partial charge in [0.1, 0.15) is 5.75 Å². The molecule has 0 radical (unpaired) electrons. The van der Waals surface area contributed by atoms with Gasteiger partial charge in [-0.05, 0) is 85.0 Å². The molecule has 2 aromatic carbocycles. The molecule has 0 aliphatic heterocycles. The Morgan fingerprint density at radius 2 is 1.56 bits per heavy atom. The van der Waals surface area contributed by atoms with Crippen molar-refractivity contribution in [2.75, 3.05) is 11.8 Å². The van der Waals surface area contributed by atoms with E-state index in [4.69, 9.17) is 4.74 Å². The zero-order chi connectivity index (χ0) is 19.0. The number of anilines is 1. The number of hydrogen-bond acceptors (Lipinski definition) is 4. The number of nitrogens with one attached hydrogen (secondary N) is 2. The highest BCUT2D eigenvalue weighted by atomic mass is 32.2. The minimum Gasteiger partial charge on any atom is -0.497 e. The third-order valence-electron chi connectivity index (χ3n) is 5.29. The van der Waals surface area contributed by atoms with Gasteiger partial charge in [-0.1, -0.05) is 6.07 Å². The fourth-order valence-corrected chi connectivity index (χ4v) is 4.95. The van der Waals surface area contributed by atoms with E-state index in [-0.39, 0.29) is 5.56 Å². The van der Waals surface area contributed by atoms with E-state index >= 15 is 0 Å². The van der Waals surface area contributed by atoms with Gasteiger partial charge in [-0.25, -0.2) is 4.72 Å². The van der Waals surface area contributed by atoms with E-state index in [0.717, 1.165) is 49.7 Å². The summed E-state index contributed by atoms with van der Waals surface area (Å²) in [5.74, 6) is -0.0719. The predicted octanol–water partition coefficient (Wildman–Crippen LogP) is 2.76. The van der Waals surface area contributed by atoms with Crippen LogP contribution in [0, 0.1) is 0 Å². The second-order valence-corrected chi connectivity index (χ2v) is 8.41. The molecule has 0 saturated heterocycles. The van der Waals surface area contributed by atoms with Gasteiger partial charge in [0.05, 0.1) is 12.8 Å². The summed E-state index contributed by atoms with van der Waals surface area (Å²) in [7, 11) is -2.49. The van der Waals surface area contributed by atoms with Crippen LogP contribution in [0.25, 0.3) is 0 Å². The summed E-state index contributed by atoms with van der Waals surface area (Å²) in [6, 6.07) is 8.53. The van der Waals surface area contributed by atoms with E-state index < -0.39 is 16.1 Å². The Morgan fingerprint density at radius 3 is 2.11 bits per heavy atom. The van der Waals surface area contributed by atoms with E-state index in [1.807, 2.05) is 0 Å². The second-order valence-electron chi connectivity index (χ2n) is 7.00. The van der Waals surface area contributed by atoms with Crippen LogP contribution in [0.2, 0.25) is 0 Å². The molecular formula is C20H22N2O4S. The number of carbonyl (C=O) groups is 1. The minimum atomic E-state index is -4.02. The van der Waals surface area contributed by atoms with Crippen molar-refractivity contribution in [1.82, 2.24) is 4.72 Å². The lowest BCUT2D eigenvalue weighted by molar-refractivity contribution is 0.0981. The minimum absolute atomic E-state index is 0.254. The van der Waals surface area contributed by atoms with Crippen molar-refractivity contribution < 1.29 is 17.9 Å². The number of methoxy groups -OCH3 is 1. The van der Waals surface area contributed by atoms with Gasteiger partial charge in [-0.3, -0.25) is 9.52 Å². The molecule has 4 rings (SSSR count). The van der Waals surface area contributed by atoms with E-state index in [0.29, 0.717) is 11.4 Å². The van der Waals surface area contributed by atoms with Crippen molar-refractivity contribution >= 4 is 21.8 Å². The number of ether oxygens (including phenoxy) is 1. The lowest BCUT2D eigenvalue weighted by atomic mass is 9.99. The maximum atomic E-state index is 12.6. The summed E-state index contributed by atoms with van der Waals surface area (Å²) < 4.78 is 35.1. The van der Waals surface area contributed by atoms with Crippen LogP contribution < -0.4 is 14.2 Å². The summed E-state index contributed by atoms with van der Waals surface area (Å²) >= 11 is 0. The molecule has 0 fully saturated rings. The highest BCUT2D eigenvalue weighted by molar-refractivity contribution is 7.91. The number of fused-ring (bicyclic) bond motifs is 2. The number of benzene rings is 2. The Morgan fingerprint density at radius 1 is 0.963 bits per heavy atom. The van der Waals surface area contributed by atoms with Gasteiger partial charge in [0.15, 0.2) is 0 Å². The molecule has 27 heavy (non-hydrogen) atoms. The molecule has 1 amide bonds. The van der Waals surface area contributed by atoms with Crippen molar-refractivity contribution in [1.29, 1.82) is 0 Å². The van der Waals surface area contributed by atoms with Gasteiger partial charge in [-0.15, -0.1) is 0 Å². The summed E-state index contributed by atoms with van der Waals surface area (Å²) in [4.78, 5) is 12.3. The Balaban J connectivity index is 1.58. The van der Waals surface area contributed by atoms with Gasteiger partial charge < -0.3 is 4.74 Å². The molecule has 142 valence electrons. The van der Waals surface area contributed by atoms with Crippen LogP contribution >= 0.6 is 0 Å². The zero-order valence-electron chi connectivity index (χ0n) is 15.2. The van der Waals surface area contributed by atoms with Crippen LogP contribution in [-0.4, -0.2) is 21.4 Å². The fourth-order valence-electron chi connectivity index (χ4n) is 4.02. The first kappa shape index (κ1) is 17.9. The van der Waals surface area contributed by atoms with Gasteiger partial charge >= 0.3 is 10.2 Å². The van der Waals surface area contributed by atoms with Gasteiger partial charge in [0, 0.05) is 5.56 Å². The van der Waals surface area contributed by atoms with E-state index in [9.17, 15) is 13.2 Å². The van der Waals surface area contributed by atoms with Crippen LogP contribution in [-0.2, 0) is 35.9 Å².